The molecule has 2 rings (SSSR count). The Balaban J connectivity index is 1.85. The Bertz CT molecular complexity index is 610. The van der Waals surface area contributed by atoms with Crippen molar-refractivity contribution in [1.29, 1.82) is 0 Å². The molecule has 0 unspecified atom stereocenters. The number of hydrogen-bond donors (Lipinski definition) is 2. The zero-order chi connectivity index (χ0) is 15.9. The first-order valence-corrected chi connectivity index (χ1v) is 9.08. The largest absolute Gasteiger partial charge is 0.357 e. The molecule has 0 fully saturated rings. The van der Waals surface area contributed by atoms with Crippen LogP contribution in [0, 0.1) is 20.8 Å². The van der Waals surface area contributed by atoms with Gasteiger partial charge in [0.1, 0.15) is 0 Å². The SMILES string of the molecule is CCNC(=NCc1cnc(C)s1)NCCc1nc(C)c(C)s1. The number of aromatic nitrogens is 2. The van der Waals surface area contributed by atoms with Gasteiger partial charge in [0.25, 0.3) is 0 Å². The molecule has 120 valence electrons. The normalized spacial score (nSPS) is 11.7. The molecular weight excluding hydrogens is 314 g/mol. The summed E-state index contributed by atoms with van der Waals surface area (Å²) in [5, 5.41) is 8.89. The topological polar surface area (TPSA) is 62.2 Å². The van der Waals surface area contributed by atoms with Gasteiger partial charge in [-0.1, -0.05) is 0 Å². The van der Waals surface area contributed by atoms with E-state index in [-0.39, 0.29) is 0 Å². The first kappa shape index (κ1) is 16.9. The lowest BCUT2D eigenvalue weighted by Gasteiger charge is -2.10. The monoisotopic (exact) mass is 337 g/mol. The third-order valence-electron chi connectivity index (χ3n) is 3.11. The van der Waals surface area contributed by atoms with Crippen LogP contribution in [0.3, 0.4) is 0 Å². The lowest BCUT2D eigenvalue weighted by atomic mass is 10.4. The molecule has 0 aliphatic heterocycles. The summed E-state index contributed by atoms with van der Waals surface area (Å²) in [6, 6.07) is 0. The molecule has 0 radical (unpaired) electrons. The average Bonchev–Trinajstić information content (AvgIpc) is 3.03. The smallest absolute Gasteiger partial charge is 0.191 e. The highest BCUT2D eigenvalue weighted by Crippen LogP contribution is 2.16. The molecule has 0 amide bonds. The van der Waals surface area contributed by atoms with E-state index in [1.807, 2.05) is 13.1 Å². The number of hydrogen-bond acceptors (Lipinski definition) is 5. The molecular formula is C15H23N5S2. The van der Waals surface area contributed by atoms with E-state index in [1.165, 1.54) is 14.8 Å². The third-order valence-corrected chi connectivity index (χ3v) is 5.14. The molecule has 0 aliphatic carbocycles. The van der Waals surface area contributed by atoms with Crippen LogP contribution in [0.2, 0.25) is 0 Å². The summed E-state index contributed by atoms with van der Waals surface area (Å²) in [6.45, 7) is 10.6. The van der Waals surface area contributed by atoms with Crippen molar-refractivity contribution in [2.75, 3.05) is 13.1 Å². The number of aryl methyl sites for hydroxylation is 3. The summed E-state index contributed by atoms with van der Waals surface area (Å²) < 4.78 is 0. The summed E-state index contributed by atoms with van der Waals surface area (Å²) in [4.78, 5) is 15.9. The number of guanidine groups is 1. The maximum atomic E-state index is 4.60. The average molecular weight is 338 g/mol. The highest BCUT2D eigenvalue weighted by molar-refractivity contribution is 7.11. The van der Waals surface area contributed by atoms with Gasteiger partial charge in [0.15, 0.2) is 5.96 Å². The van der Waals surface area contributed by atoms with Crippen molar-refractivity contribution in [2.24, 2.45) is 4.99 Å². The fourth-order valence-corrected chi connectivity index (χ4v) is 3.56. The van der Waals surface area contributed by atoms with Gasteiger partial charge in [-0.2, -0.15) is 0 Å². The quantitative estimate of drug-likeness (QED) is 0.628. The Morgan fingerprint density at radius 1 is 1.23 bits per heavy atom. The van der Waals surface area contributed by atoms with Crippen molar-refractivity contribution < 1.29 is 0 Å². The van der Waals surface area contributed by atoms with E-state index < -0.39 is 0 Å². The van der Waals surface area contributed by atoms with Crippen LogP contribution < -0.4 is 10.6 Å². The fraction of sp³-hybridized carbons (Fsp3) is 0.533. The second kappa shape index (κ2) is 8.24. The molecule has 0 bridgehead atoms. The highest BCUT2D eigenvalue weighted by Gasteiger charge is 2.04. The Kier molecular flexibility index (Phi) is 6.33. The lowest BCUT2D eigenvalue weighted by molar-refractivity contribution is 0.796. The van der Waals surface area contributed by atoms with Gasteiger partial charge in [-0.3, -0.25) is 0 Å². The van der Waals surface area contributed by atoms with E-state index in [9.17, 15) is 0 Å². The first-order valence-electron chi connectivity index (χ1n) is 7.45. The number of aliphatic imine (C=N–C) groups is 1. The van der Waals surface area contributed by atoms with E-state index in [0.717, 1.165) is 36.2 Å². The predicted octanol–water partition coefficient (Wildman–Crippen LogP) is 2.82. The summed E-state index contributed by atoms with van der Waals surface area (Å²) in [7, 11) is 0. The Morgan fingerprint density at radius 2 is 2.05 bits per heavy atom. The van der Waals surface area contributed by atoms with Crippen LogP contribution in [0.1, 0.15) is 32.4 Å². The van der Waals surface area contributed by atoms with E-state index >= 15 is 0 Å². The van der Waals surface area contributed by atoms with Gasteiger partial charge in [0.05, 0.1) is 22.3 Å². The van der Waals surface area contributed by atoms with E-state index in [0.29, 0.717) is 6.54 Å². The van der Waals surface area contributed by atoms with Crippen LogP contribution in [-0.2, 0) is 13.0 Å². The molecule has 5 nitrogen and oxygen atoms in total. The van der Waals surface area contributed by atoms with E-state index in [4.69, 9.17) is 0 Å². The van der Waals surface area contributed by atoms with Crippen molar-refractivity contribution >= 4 is 28.6 Å². The van der Waals surface area contributed by atoms with Crippen molar-refractivity contribution in [3.63, 3.8) is 0 Å². The van der Waals surface area contributed by atoms with Gasteiger partial charge in [-0.05, 0) is 27.7 Å². The molecule has 0 aromatic carbocycles. The number of thiazole rings is 2. The zero-order valence-corrected chi connectivity index (χ0v) is 15.2. The van der Waals surface area contributed by atoms with Crippen molar-refractivity contribution in [1.82, 2.24) is 20.6 Å². The molecule has 2 aromatic rings. The van der Waals surface area contributed by atoms with Crippen molar-refractivity contribution in [3.05, 3.63) is 31.7 Å². The second-order valence-corrected chi connectivity index (χ2v) is 7.57. The molecule has 2 heterocycles. The minimum atomic E-state index is 0.663. The van der Waals surface area contributed by atoms with Gasteiger partial charge >= 0.3 is 0 Å². The number of nitrogens with zero attached hydrogens (tertiary/aromatic N) is 3. The molecule has 2 N–H and O–H groups in total. The summed E-state index contributed by atoms with van der Waals surface area (Å²) in [6.07, 6.45) is 2.82. The molecule has 0 atom stereocenters. The highest BCUT2D eigenvalue weighted by atomic mass is 32.1. The van der Waals surface area contributed by atoms with Crippen LogP contribution in [-0.4, -0.2) is 29.0 Å². The van der Waals surface area contributed by atoms with Gasteiger partial charge in [-0.15, -0.1) is 22.7 Å². The molecule has 7 heteroatoms. The Labute approximate surface area is 139 Å². The minimum Gasteiger partial charge on any atom is -0.357 e. The van der Waals surface area contributed by atoms with Gasteiger partial charge in [-0.25, -0.2) is 15.0 Å². The molecule has 22 heavy (non-hydrogen) atoms. The standard InChI is InChI=1S/C15H23N5S2/c1-5-16-15(19-9-13-8-18-12(4)22-13)17-7-6-14-20-10(2)11(3)21-14/h8H,5-7,9H2,1-4H3,(H2,16,17,19). The molecule has 0 spiro atoms. The zero-order valence-electron chi connectivity index (χ0n) is 13.6. The van der Waals surface area contributed by atoms with Crippen LogP contribution >= 0.6 is 22.7 Å². The maximum Gasteiger partial charge on any atom is 0.191 e. The molecule has 0 saturated heterocycles. The van der Waals surface area contributed by atoms with Crippen LogP contribution in [0.25, 0.3) is 0 Å². The summed E-state index contributed by atoms with van der Waals surface area (Å²) in [5.74, 6) is 0.846. The first-order chi connectivity index (χ1) is 10.6. The second-order valence-electron chi connectivity index (χ2n) is 4.97. The van der Waals surface area contributed by atoms with Crippen LogP contribution in [0.15, 0.2) is 11.2 Å². The molecule has 2 aromatic heterocycles. The number of nitrogens with one attached hydrogen (secondary N) is 2. The van der Waals surface area contributed by atoms with Crippen molar-refractivity contribution in [2.45, 2.75) is 40.7 Å². The molecule has 0 aliphatic rings. The van der Waals surface area contributed by atoms with Crippen LogP contribution in [0.4, 0.5) is 0 Å². The summed E-state index contributed by atoms with van der Waals surface area (Å²) >= 11 is 3.47. The summed E-state index contributed by atoms with van der Waals surface area (Å²) in [5.41, 5.74) is 1.14. The van der Waals surface area contributed by atoms with Gasteiger partial charge in [0.2, 0.25) is 0 Å². The van der Waals surface area contributed by atoms with E-state index in [1.54, 1.807) is 22.7 Å². The number of rotatable bonds is 6. The Hall–Kier alpha value is -1.47. The fourth-order valence-electron chi connectivity index (χ4n) is 1.91. The van der Waals surface area contributed by atoms with Gasteiger partial charge < -0.3 is 10.6 Å². The lowest BCUT2D eigenvalue weighted by Crippen LogP contribution is -2.38. The Morgan fingerprint density at radius 3 is 2.64 bits per heavy atom. The third kappa shape index (κ3) is 5.06. The van der Waals surface area contributed by atoms with Gasteiger partial charge in [0, 0.05) is 35.5 Å². The van der Waals surface area contributed by atoms with Crippen LogP contribution in [0.5, 0.6) is 0 Å². The molecule has 0 saturated carbocycles. The maximum absolute atomic E-state index is 4.60. The van der Waals surface area contributed by atoms with Crippen molar-refractivity contribution in [3.8, 4) is 0 Å². The predicted molar refractivity (Wildman–Crippen MR) is 95.0 cm³/mol. The van der Waals surface area contributed by atoms with E-state index in [2.05, 4.69) is 46.4 Å². The minimum absolute atomic E-state index is 0.663.